The molecule has 0 aliphatic heterocycles. The standard InChI is InChI=1S/C9H10BrCl2NO2S/c1-6(2-3-11)16(14,15)9-8(12)4-7(10)5-13-9/h4-6H,2-3H2,1H3. The Labute approximate surface area is 113 Å². The average Bonchev–Trinajstić information content (AvgIpc) is 2.17. The minimum Gasteiger partial charge on any atom is -0.242 e. The first-order valence-electron chi connectivity index (χ1n) is 4.50. The SMILES string of the molecule is CC(CCCl)S(=O)(=O)c1ncc(Br)cc1Cl. The van der Waals surface area contributed by atoms with Crippen LogP contribution in [-0.2, 0) is 9.84 Å². The van der Waals surface area contributed by atoms with Crippen molar-refractivity contribution >= 4 is 49.0 Å². The third kappa shape index (κ3) is 3.09. The fraction of sp³-hybridized carbons (Fsp3) is 0.444. The fourth-order valence-corrected chi connectivity index (χ4v) is 3.86. The summed E-state index contributed by atoms with van der Waals surface area (Å²) in [5.41, 5.74) is 0. The summed E-state index contributed by atoms with van der Waals surface area (Å²) in [5.74, 6) is 0.286. The van der Waals surface area contributed by atoms with Gasteiger partial charge < -0.3 is 0 Å². The molecule has 90 valence electrons. The summed E-state index contributed by atoms with van der Waals surface area (Å²) < 4.78 is 24.7. The van der Waals surface area contributed by atoms with Crippen LogP contribution in [0.25, 0.3) is 0 Å². The van der Waals surface area contributed by atoms with Gasteiger partial charge in [0.05, 0.1) is 10.3 Å². The van der Waals surface area contributed by atoms with Crippen LogP contribution in [0, 0.1) is 0 Å². The van der Waals surface area contributed by atoms with Crippen molar-refractivity contribution in [1.29, 1.82) is 0 Å². The number of hydrogen-bond donors (Lipinski definition) is 0. The van der Waals surface area contributed by atoms with E-state index in [2.05, 4.69) is 20.9 Å². The van der Waals surface area contributed by atoms with E-state index in [-0.39, 0.29) is 15.9 Å². The van der Waals surface area contributed by atoms with Crippen molar-refractivity contribution in [3.05, 3.63) is 21.8 Å². The molecule has 3 nitrogen and oxygen atoms in total. The minimum atomic E-state index is -3.50. The Morgan fingerprint density at radius 1 is 1.56 bits per heavy atom. The molecule has 1 atom stereocenters. The molecule has 16 heavy (non-hydrogen) atoms. The number of pyridine rings is 1. The van der Waals surface area contributed by atoms with E-state index < -0.39 is 15.1 Å². The van der Waals surface area contributed by atoms with Crippen LogP contribution < -0.4 is 0 Å². The highest BCUT2D eigenvalue weighted by atomic mass is 79.9. The molecule has 7 heteroatoms. The summed E-state index contributed by atoms with van der Waals surface area (Å²) in [5, 5.41) is -0.554. The van der Waals surface area contributed by atoms with Crippen LogP contribution in [0.4, 0.5) is 0 Å². The quantitative estimate of drug-likeness (QED) is 0.786. The summed E-state index contributed by atoms with van der Waals surface area (Å²) in [6.07, 6.45) is 1.78. The van der Waals surface area contributed by atoms with Crippen LogP contribution in [0.5, 0.6) is 0 Å². The van der Waals surface area contributed by atoms with Crippen LogP contribution in [0.3, 0.4) is 0 Å². The first-order valence-corrected chi connectivity index (χ1v) is 7.75. The fourth-order valence-electron chi connectivity index (χ4n) is 1.11. The van der Waals surface area contributed by atoms with Gasteiger partial charge in [0.1, 0.15) is 0 Å². The first-order chi connectivity index (χ1) is 7.39. The Morgan fingerprint density at radius 3 is 2.69 bits per heavy atom. The zero-order valence-corrected chi connectivity index (χ0v) is 12.4. The van der Waals surface area contributed by atoms with Gasteiger partial charge in [0, 0.05) is 16.5 Å². The van der Waals surface area contributed by atoms with Crippen molar-refractivity contribution in [2.24, 2.45) is 0 Å². The van der Waals surface area contributed by atoms with Gasteiger partial charge in [-0.3, -0.25) is 0 Å². The van der Waals surface area contributed by atoms with Crippen molar-refractivity contribution in [2.75, 3.05) is 5.88 Å². The van der Waals surface area contributed by atoms with Crippen molar-refractivity contribution in [3.8, 4) is 0 Å². The molecule has 0 radical (unpaired) electrons. The van der Waals surface area contributed by atoms with Gasteiger partial charge in [-0.1, -0.05) is 11.6 Å². The Bertz CT molecular complexity index is 478. The molecule has 0 saturated heterocycles. The van der Waals surface area contributed by atoms with E-state index in [4.69, 9.17) is 23.2 Å². The molecule has 1 aromatic heterocycles. The van der Waals surface area contributed by atoms with Gasteiger partial charge in [-0.15, -0.1) is 11.6 Å². The summed E-state index contributed by atoms with van der Waals surface area (Å²) in [6.45, 7) is 1.60. The lowest BCUT2D eigenvalue weighted by molar-refractivity contribution is 0.577. The molecule has 0 bridgehead atoms. The van der Waals surface area contributed by atoms with E-state index >= 15 is 0 Å². The predicted molar refractivity (Wildman–Crippen MR) is 68.9 cm³/mol. The molecule has 1 aromatic rings. The molecule has 0 fully saturated rings. The summed E-state index contributed by atoms with van der Waals surface area (Å²) in [4.78, 5) is 3.84. The highest BCUT2D eigenvalue weighted by Gasteiger charge is 2.26. The third-order valence-electron chi connectivity index (χ3n) is 2.09. The Hall–Kier alpha value is 0.160. The zero-order valence-electron chi connectivity index (χ0n) is 8.45. The highest BCUT2D eigenvalue weighted by molar-refractivity contribution is 9.10. The second-order valence-electron chi connectivity index (χ2n) is 3.27. The third-order valence-corrected chi connectivity index (χ3v) is 5.30. The van der Waals surface area contributed by atoms with Crippen molar-refractivity contribution in [3.63, 3.8) is 0 Å². The van der Waals surface area contributed by atoms with Crippen LogP contribution in [0.2, 0.25) is 5.02 Å². The Morgan fingerprint density at radius 2 is 2.19 bits per heavy atom. The van der Waals surface area contributed by atoms with E-state index in [1.807, 2.05) is 0 Å². The monoisotopic (exact) mass is 345 g/mol. The van der Waals surface area contributed by atoms with E-state index in [1.165, 1.54) is 12.3 Å². The van der Waals surface area contributed by atoms with E-state index in [1.54, 1.807) is 6.92 Å². The minimum absolute atomic E-state index is 0.0880. The van der Waals surface area contributed by atoms with Gasteiger partial charge in [-0.2, -0.15) is 0 Å². The molecule has 0 N–H and O–H groups in total. The van der Waals surface area contributed by atoms with Gasteiger partial charge in [0.2, 0.25) is 0 Å². The summed E-state index contributed by atoms with van der Waals surface area (Å²) in [6, 6.07) is 1.51. The van der Waals surface area contributed by atoms with Gasteiger partial charge >= 0.3 is 0 Å². The maximum absolute atomic E-state index is 12.0. The zero-order chi connectivity index (χ0) is 12.3. The van der Waals surface area contributed by atoms with Crippen molar-refractivity contribution < 1.29 is 8.42 Å². The molecule has 0 saturated carbocycles. The Balaban J connectivity index is 3.17. The molecule has 0 aliphatic rings. The molecule has 1 heterocycles. The number of alkyl halides is 1. The van der Waals surface area contributed by atoms with Crippen LogP contribution in [0.15, 0.2) is 21.8 Å². The summed E-state index contributed by atoms with van der Waals surface area (Å²) in [7, 11) is -3.50. The number of nitrogens with zero attached hydrogens (tertiary/aromatic N) is 1. The number of rotatable bonds is 4. The molecule has 0 aromatic carbocycles. The number of halogens is 3. The van der Waals surface area contributed by atoms with Crippen LogP contribution in [0.1, 0.15) is 13.3 Å². The molecule has 0 amide bonds. The number of hydrogen-bond acceptors (Lipinski definition) is 3. The van der Waals surface area contributed by atoms with Crippen LogP contribution >= 0.6 is 39.1 Å². The second-order valence-corrected chi connectivity index (χ2v) is 7.26. The molecule has 1 unspecified atom stereocenters. The molecular formula is C9H10BrCl2NO2S. The molecule has 1 rings (SSSR count). The predicted octanol–water partition coefficient (Wildman–Crippen LogP) is 3.29. The van der Waals surface area contributed by atoms with Crippen molar-refractivity contribution in [1.82, 2.24) is 4.98 Å². The lowest BCUT2D eigenvalue weighted by Gasteiger charge is -2.11. The average molecular weight is 347 g/mol. The molecule has 0 spiro atoms. The normalized spacial score (nSPS) is 13.8. The number of sulfone groups is 1. The van der Waals surface area contributed by atoms with Gasteiger partial charge in [0.15, 0.2) is 14.9 Å². The van der Waals surface area contributed by atoms with Gasteiger partial charge in [-0.25, -0.2) is 13.4 Å². The lowest BCUT2D eigenvalue weighted by atomic mass is 10.4. The maximum atomic E-state index is 12.0. The van der Waals surface area contributed by atoms with Gasteiger partial charge in [0.25, 0.3) is 0 Å². The maximum Gasteiger partial charge on any atom is 0.199 e. The largest absolute Gasteiger partial charge is 0.242 e. The van der Waals surface area contributed by atoms with Crippen LogP contribution in [-0.4, -0.2) is 24.5 Å². The van der Waals surface area contributed by atoms with Crippen molar-refractivity contribution in [2.45, 2.75) is 23.6 Å². The lowest BCUT2D eigenvalue weighted by Crippen LogP contribution is -2.20. The van der Waals surface area contributed by atoms with E-state index in [0.29, 0.717) is 10.9 Å². The van der Waals surface area contributed by atoms with E-state index in [9.17, 15) is 8.42 Å². The smallest absolute Gasteiger partial charge is 0.199 e. The topological polar surface area (TPSA) is 47.0 Å². The summed E-state index contributed by atoms with van der Waals surface area (Å²) >= 11 is 14.6. The van der Waals surface area contributed by atoms with Gasteiger partial charge in [-0.05, 0) is 35.3 Å². The van der Waals surface area contributed by atoms with E-state index in [0.717, 1.165) is 0 Å². The first kappa shape index (κ1) is 14.2. The molecule has 0 aliphatic carbocycles. The second kappa shape index (κ2) is 5.67. The molecular weight excluding hydrogens is 337 g/mol. The highest BCUT2D eigenvalue weighted by Crippen LogP contribution is 2.26. The Kier molecular flexibility index (Phi) is 5.04. The number of aromatic nitrogens is 1.